The SMILES string of the molecule is Cc1nc(C)c(C(=O)N2Cc3ccccc3OC3(CCN(C(C)C)CC3)C2)s1. The smallest absolute Gasteiger partial charge is 0.266 e. The first kappa shape index (κ1) is 19.4. The first-order chi connectivity index (χ1) is 13.4. The molecule has 0 unspecified atom stereocenters. The van der Waals surface area contributed by atoms with E-state index in [4.69, 9.17) is 4.74 Å². The zero-order valence-corrected chi connectivity index (χ0v) is 18.0. The lowest BCUT2D eigenvalue weighted by Gasteiger charge is -2.44. The molecule has 150 valence electrons. The molecule has 2 aliphatic heterocycles. The Kier molecular flexibility index (Phi) is 5.19. The number of benzene rings is 1. The van der Waals surface area contributed by atoms with Crippen LogP contribution in [0.4, 0.5) is 0 Å². The van der Waals surface area contributed by atoms with E-state index in [1.807, 2.05) is 36.9 Å². The normalized spacial score (nSPS) is 19.4. The van der Waals surface area contributed by atoms with Crippen LogP contribution in [-0.4, -0.2) is 52.0 Å². The highest BCUT2D eigenvalue weighted by Crippen LogP contribution is 2.36. The molecule has 6 heteroatoms. The van der Waals surface area contributed by atoms with Crippen LogP contribution in [0.2, 0.25) is 0 Å². The van der Waals surface area contributed by atoms with Gasteiger partial charge in [-0.25, -0.2) is 4.98 Å². The Morgan fingerprint density at radius 3 is 2.57 bits per heavy atom. The van der Waals surface area contributed by atoms with Crippen molar-refractivity contribution in [3.05, 3.63) is 45.4 Å². The second-order valence-electron chi connectivity index (χ2n) is 8.33. The van der Waals surface area contributed by atoms with E-state index in [0.29, 0.717) is 19.1 Å². The fourth-order valence-corrected chi connectivity index (χ4v) is 5.22. The quantitative estimate of drug-likeness (QED) is 0.765. The minimum atomic E-state index is -0.318. The molecular formula is C22H29N3O2S. The third kappa shape index (κ3) is 3.67. The summed E-state index contributed by atoms with van der Waals surface area (Å²) in [6.07, 6.45) is 1.87. The zero-order valence-electron chi connectivity index (χ0n) is 17.2. The summed E-state index contributed by atoms with van der Waals surface area (Å²) in [5.74, 6) is 1.00. The first-order valence-corrected chi connectivity index (χ1v) is 10.9. The number of hydrogen-bond donors (Lipinski definition) is 0. The fourth-order valence-electron chi connectivity index (χ4n) is 4.33. The molecule has 0 aliphatic carbocycles. The van der Waals surface area contributed by atoms with Crippen molar-refractivity contribution in [2.45, 2.75) is 58.7 Å². The highest BCUT2D eigenvalue weighted by atomic mass is 32.1. The number of amides is 1. The molecule has 1 aromatic heterocycles. The van der Waals surface area contributed by atoms with Crippen molar-refractivity contribution >= 4 is 17.2 Å². The summed E-state index contributed by atoms with van der Waals surface area (Å²) in [5.41, 5.74) is 1.59. The van der Waals surface area contributed by atoms with Crippen LogP contribution in [0.5, 0.6) is 5.75 Å². The molecule has 0 N–H and O–H groups in total. The maximum Gasteiger partial charge on any atom is 0.266 e. The Bertz CT molecular complexity index is 868. The Balaban J connectivity index is 1.66. The molecule has 4 rings (SSSR count). The Morgan fingerprint density at radius 1 is 1.21 bits per heavy atom. The Hall–Kier alpha value is -1.92. The van der Waals surface area contributed by atoms with Crippen molar-refractivity contribution in [2.24, 2.45) is 0 Å². The van der Waals surface area contributed by atoms with Gasteiger partial charge in [0.25, 0.3) is 5.91 Å². The van der Waals surface area contributed by atoms with Crippen LogP contribution in [0.15, 0.2) is 24.3 Å². The lowest BCUT2D eigenvalue weighted by molar-refractivity contribution is -0.0212. The van der Waals surface area contributed by atoms with Crippen molar-refractivity contribution in [1.29, 1.82) is 0 Å². The third-order valence-corrected chi connectivity index (χ3v) is 7.02. The van der Waals surface area contributed by atoms with Gasteiger partial charge < -0.3 is 14.5 Å². The van der Waals surface area contributed by atoms with Gasteiger partial charge in [0.2, 0.25) is 0 Å². The van der Waals surface area contributed by atoms with E-state index in [0.717, 1.165) is 52.8 Å². The molecule has 28 heavy (non-hydrogen) atoms. The summed E-state index contributed by atoms with van der Waals surface area (Å²) in [6, 6.07) is 8.69. The second kappa shape index (κ2) is 7.48. The van der Waals surface area contributed by atoms with Gasteiger partial charge >= 0.3 is 0 Å². The Labute approximate surface area is 171 Å². The number of piperidine rings is 1. The first-order valence-electron chi connectivity index (χ1n) is 10.1. The highest BCUT2D eigenvalue weighted by Gasteiger charge is 2.42. The van der Waals surface area contributed by atoms with E-state index >= 15 is 0 Å². The number of hydrogen-bond acceptors (Lipinski definition) is 5. The predicted octanol–water partition coefficient (Wildman–Crippen LogP) is 4.04. The molecule has 0 bridgehead atoms. The molecule has 5 nitrogen and oxygen atoms in total. The average Bonchev–Trinajstić information content (AvgIpc) is 2.91. The molecule has 0 radical (unpaired) electrons. The van der Waals surface area contributed by atoms with E-state index in [-0.39, 0.29) is 11.5 Å². The van der Waals surface area contributed by atoms with Crippen molar-refractivity contribution in [3.8, 4) is 5.75 Å². The van der Waals surface area contributed by atoms with Crippen molar-refractivity contribution in [3.63, 3.8) is 0 Å². The summed E-state index contributed by atoms with van der Waals surface area (Å²) >= 11 is 1.49. The molecular weight excluding hydrogens is 370 g/mol. The number of ether oxygens (including phenoxy) is 1. The van der Waals surface area contributed by atoms with Gasteiger partial charge in [0, 0.05) is 44.1 Å². The van der Waals surface area contributed by atoms with Crippen molar-refractivity contribution in [1.82, 2.24) is 14.8 Å². The number of nitrogens with zero attached hydrogens (tertiary/aromatic N) is 3. The van der Waals surface area contributed by atoms with Gasteiger partial charge in [0.1, 0.15) is 16.2 Å². The van der Waals surface area contributed by atoms with Gasteiger partial charge in [-0.05, 0) is 33.8 Å². The van der Waals surface area contributed by atoms with Gasteiger partial charge in [-0.2, -0.15) is 0 Å². The largest absolute Gasteiger partial charge is 0.485 e. The number of carbonyl (C=O) groups is 1. The molecule has 1 aromatic carbocycles. The van der Waals surface area contributed by atoms with E-state index < -0.39 is 0 Å². The zero-order chi connectivity index (χ0) is 19.9. The van der Waals surface area contributed by atoms with Crippen LogP contribution >= 0.6 is 11.3 Å². The number of rotatable bonds is 2. The molecule has 2 aromatic rings. The predicted molar refractivity (Wildman–Crippen MR) is 112 cm³/mol. The van der Waals surface area contributed by atoms with E-state index in [1.165, 1.54) is 11.3 Å². The van der Waals surface area contributed by atoms with Gasteiger partial charge in [-0.15, -0.1) is 11.3 Å². The summed E-state index contributed by atoms with van der Waals surface area (Å²) in [4.78, 5) is 23.1. The molecule has 0 atom stereocenters. The van der Waals surface area contributed by atoms with Crippen LogP contribution in [0.3, 0.4) is 0 Å². The molecule has 2 aliphatic rings. The van der Waals surface area contributed by atoms with Gasteiger partial charge in [-0.1, -0.05) is 18.2 Å². The lowest BCUT2D eigenvalue weighted by atomic mass is 9.89. The maximum atomic E-state index is 13.4. The molecule has 1 saturated heterocycles. The van der Waals surface area contributed by atoms with E-state index in [1.54, 1.807) is 0 Å². The number of fused-ring (bicyclic) bond motifs is 1. The van der Waals surface area contributed by atoms with Gasteiger partial charge in [0.15, 0.2) is 0 Å². The summed E-state index contributed by atoms with van der Waals surface area (Å²) in [6.45, 7) is 11.6. The van der Waals surface area contributed by atoms with E-state index in [9.17, 15) is 4.79 Å². The number of thiazole rings is 1. The van der Waals surface area contributed by atoms with Crippen molar-refractivity contribution in [2.75, 3.05) is 19.6 Å². The standard InChI is InChI=1S/C22H29N3O2S/c1-15(2)24-11-9-22(10-12-24)14-25(13-18-7-5-6-8-19(18)27-22)21(26)20-16(3)23-17(4)28-20/h5-8,15H,9-14H2,1-4H3. The van der Waals surface area contributed by atoms with Crippen molar-refractivity contribution < 1.29 is 9.53 Å². The lowest BCUT2D eigenvalue weighted by Crippen LogP contribution is -2.55. The molecule has 1 spiro atoms. The minimum Gasteiger partial charge on any atom is -0.485 e. The number of likely N-dealkylation sites (tertiary alicyclic amines) is 1. The molecule has 1 amide bonds. The fraction of sp³-hybridized carbons (Fsp3) is 0.545. The topological polar surface area (TPSA) is 45.7 Å². The number of para-hydroxylation sites is 1. The third-order valence-electron chi connectivity index (χ3n) is 5.96. The Morgan fingerprint density at radius 2 is 1.93 bits per heavy atom. The number of aromatic nitrogens is 1. The van der Waals surface area contributed by atoms with Gasteiger partial charge in [-0.3, -0.25) is 4.79 Å². The van der Waals surface area contributed by atoms with Crippen LogP contribution in [0.1, 0.15) is 52.6 Å². The monoisotopic (exact) mass is 399 g/mol. The highest BCUT2D eigenvalue weighted by molar-refractivity contribution is 7.13. The maximum absolute atomic E-state index is 13.4. The average molecular weight is 400 g/mol. The number of aryl methyl sites for hydroxylation is 2. The van der Waals surface area contributed by atoms with E-state index in [2.05, 4.69) is 29.8 Å². The molecule has 0 saturated carbocycles. The molecule has 1 fully saturated rings. The van der Waals surface area contributed by atoms with Crippen LogP contribution in [0, 0.1) is 13.8 Å². The minimum absolute atomic E-state index is 0.0778. The van der Waals surface area contributed by atoms with Crippen LogP contribution in [-0.2, 0) is 6.54 Å². The van der Waals surface area contributed by atoms with Crippen LogP contribution < -0.4 is 4.74 Å². The second-order valence-corrected chi connectivity index (χ2v) is 9.53. The summed E-state index contributed by atoms with van der Waals surface area (Å²) < 4.78 is 6.63. The van der Waals surface area contributed by atoms with Crippen LogP contribution in [0.25, 0.3) is 0 Å². The molecule has 3 heterocycles. The van der Waals surface area contributed by atoms with Gasteiger partial charge in [0.05, 0.1) is 17.2 Å². The number of carbonyl (C=O) groups excluding carboxylic acids is 1. The summed E-state index contributed by atoms with van der Waals surface area (Å²) in [7, 11) is 0. The summed E-state index contributed by atoms with van der Waals surface area (Å²) in [5, 5.41) is 0.937.